The summed E-state index contributed by atoms with van der Waals surface area (Å²) in [4.78, 5) is 12.9. The molecule has 0 radical (unpaired) electrons. The Morgan fingerprint density at radius 3 is 1.40 bits per heavy atom. The largest absolute Gasteiger partial charge is 0.459 e. The van der Waals surface area contributed by atoms with Gasteiger partial charge in [0.25, 0.3) is 0 Å². The molecule has 368 valence electrons. The van der Waals surface area contributed by atoms with Gasteiger partial charge in [-0.15, -0.1) is 0 Å². The Morgan fingerprint density at radius 2 is 0.952 bits per heavy atom. The molecule has 0 aromatic carbocycles. The number of esters is 1. The highest BCUT2D eigenvalue weighted by atomic mass is 32.3. The van der Waals surface area contributed by atoms with Crippen LogP contribution >= 0.6 is 0 Å². The van der Waals surface area contributed by atoms with E-state index in [1.54, 1.807) is 13.0 Å². The minimum absolute atomic E-state index is 0.0776. The van der Waals surface area contributed by atoms with Gasteiger partial charge in [0.05, 0.1) is 24.4 Å². The second kappa shape index (κ2) is 33.2. The maximum atomic E-state index is 12.9. The van der Waals surface area contributed by atoms with Crippen molar-refractivity contribution in [1.29, 1.82) is 0 Å². The van der Waals surface area contributed by atoms with Crippen LogP contribution in [0.2, 0.25) is 0 Å². The summed E-state index contributed by atoms with van der Waals surface area (Å²) in [5.74, 6) is -0.529. The molecule has 0 bridgehead atoms. The summed E-state index contributed by atoms with van der Waals surface area (Å²) >= 11 is 0. The van der Waals surface area contributed by atoms with Crippen LogP contribution in [0.5, 0.6) is 0 Å². The summed E-state index contributed by atoms with van der Waals surface area (Å²) in [7, 11) is -18.9. The number of hydrogen-bond donors (Lipinski definition) is 4. The number of hydrogen-bond acceptors (Lipinski definition) is 14. The van der Waals surface area contributed by atoms with E-state index in [1.807, 2.05) is 0 Å². The molecule has 4 N–H and O–H groups in total. The van der Waals surface area contributed by atoms with Crippen LogP contribution in [0.3, 0.4) is 0 Å². The quantitative estimate of drug-likeness (QED) is 0.0565. The van der Waals surface area contributed by atoms with E-state index in [2.05, 4.69) is 4.18 Å². The van der Waals surface area contributed by atoms with Gasteiger partial charge in [-0.1, -0.05) is 141 Å². The fraction of sp³-hybridized carbons (Fsp3) is 0.925. The van der Waals surface area contributed by atoms with Crippen molar-refractivity contribution < 1.29 is 78.1 Å². The number of carbonyl (C=O) groups is 1. The number of carbonyl (C=O) groups excluding carboxylic acids is 1. The van der Waals surface area contributed by atoms with Gasteiger partial charge in [-0.2, -0.15) is 33.7 Å². The molecule has 22 heteroatoms. The lowest BCUT2D eigenvalue weighted by atomic mass is 9.98. The lowest BCUT2D eigenvalue weighted by Crippen LogP contribution is -2.27. The van der Waals surface area contributed by atoms with E-state index in [9.17, 15) is 52.1 Å². The van der Waals surface area contributed by atoms with Gasteiger partial charge in [-0.05, 0) is 58.3 Å². The zero-order valence-electron chi connectivity index (χ0n) is 36.6. The molecule has 0 fully saturated rings. The predicted octanol–water partition coefficient (Wildman–Crippen LogP) is 9.33. The summed E-state index contributed by atoms with van der Waals surface area (Å²) in [5, 5.41) is 0. The molecule has 0 saturated heterocycles. The molecule has 5 atom stereocenters. The van der Waals surface area contributed by atoms with Crippen molar-refractivity contribution in [2.24, 2.45) is 0 Å². The lowest BCUT2D eigenvalue weighted by Gasteiger charge is -2.23. The average Bonchev–Trinajstić information content (AvgIpc) is 3.12. The maximum absolute atomic E-state index is 12.9. The first-order valence-corrected chi connectivity index (χ1v) is 28.1. The highest BCUT2D eigenvalue weighted by molar-refractivity contribution is 7.81. The molecule has 62 heavy (non-hydrogen) atoms. The van der Waals surface area contributed by atoms with Crippen molar-refractivity contribution in [1.82, 2.24) is 0 Å². The van der Waals surface area contributed by atoms with Crippen molar-refractivity contribution in [2.75, 3.05) is 0 Å². The first-order chi connectivity index (χ1) is 29.1. The molecular weight excluding hydrogens is 897 g/mol. The van der Waals surface area contributed by atoms with Crippen molar-refractivity contribution in [3.05, 3.63) is 12.2 Å². The summed E-state index contributed by atoms with van der Waals surface area (Å²) in [6, 6.07) is 0. The third-order valence-electron chi connectivity index (χ3n) is 10.7. The van der Waals surface area contributed by atoms with E-state index in [4.69, 9.17) is 21.8 Å². The molecule has 0 spiro atoms. The number of allylic oxidation sites excluding steroid dienone is 1. The van der Waals surface area contributed by atoms with Gasteiger partial charge in [-0.25, -0.2) is 21.5 Å². The van der Waals surface area contributed by atoms with Crippen LogP contribution in [0.1, 0.15) is 206 Å². The van der Waals surface area contributed by atoms with Gasteiger partial charge in [0.2, 0.25) is 0 Å². The molecule has 0 aliphatic carbocycles. The number of ether oxygens (including phenoxy) is 1. The van der Waals surface area contributed by atoms with E-state index < -0.39 is 78.1 Å². The van der Waals surface area contributed by atoms with Crippen molar-refractivity contribution in [3.63, 3.8) is 0 Å². The maximum Gasteiger partial charge on any atom is 0.397 e. The molecule has 1 aliphatic rings. The van der Waals surface area contributed by atoms with Crippen LogP contribution in [0.4, 0.5) is 0 Å². The molecular formula is C40H76O18S4. The van der Waals surface area contributed by atoms with E-state index in [0.29, 0.717) is 64.2 Å². The number of rotatable bonds is 18. The Bertz CT molecular complexity index is 1650. The minimum Gasteiger partial charge on any atom is -0.459 e. The van der Waals surface area contributed by atoms with Gasteiger partial charge in [0.1, 0.15) is 6.10 Å². The smallest absolute Gasteiger partial charge is 0.397 e. The second-order valence-electron chi connectivity index (χ2n) is 16.6. The van der Waals surface area contributed by atoms with Crippen LogP contribution in [0, 0.1) is 0 Å². The highest BCUT2D eigenvalue weighted by Crippen LogP contribution is 2.24. The topological polar surface area (TPSA) is 281 Å². The van der Waals surface area contributed by atoms with Crippen LogP contribution in [-0.2, 0) is 67.9 Å². The standard InChI is InChI=1S/C40H76O18S4/c1-35(55-59(42,43)44)27-21-15-14-19-25-29-37(56-60(45,46)47)33-36-28-22-16-10-7-5-8-12-18-24-31-39(58-62(51,52)53)34-38(57-61(48,49)50)30-23-17-11-6-3-2-4-9-13-20-26-32-40(41)54-36/h26,32,35-39H,2-25,27-31,33-34H2,1H3,(H,42,43,44)(H,45,46,47)(H,48,49,50)(H,51,52,53)/b32-26+. The van der Waals surface area contributed by atoms with Crippen LogP contribution in [0.25, 0.3) is 0 Å². The third kappa shape index (κ3) is 39.1. The van der Waals surface area contributed by atoms with Gasteiger partial charge in [0, 0.05) is 18.9 Å². The molecule has 0 amide bonds. The first kappa shape index (κ1) is 58.7. The first-order valence-electron chi connectivity index (χ1n) is 22.6. The summed E-state index contributed by atoms with van der Waals surface area (Å²) < 4.78 is 154. The molecule has 0 saturated carbocycles. The summed E-state index contributed by atoms with van der Waals surface area (Å²) in [6.45, 7) is 1.55. The fourth-order valence-electron chi connectivity index (χ4n) is 7.77. The number of cyclic esters (lactones) is 1. The van der Waals surface area contributed by atoms with Gasteiger partial charge >= 0.3 is 47.6 Å². The van der Waals surface area contributed by atoms with Gasteiger partial charge in [-0.3, -0.25) is 18.2 Å². The zero-order chi connectivity index (χ0) is 46.3. The van der Waals surface area contributed by atoms with Crippen LogP contribution in [-0.4, -0.2) is 88.4 Å². The van der Waals surface area contributed by atoms with Crippen molar-refractivity contribution in [2.45, 2.75) is 236 Å². The lowest BCUT2D eigenvalue weighted by molar-refractivity contribution is -0.144. The SMILES string of the molecule is CC(CCCCCCCC(CC1CCCCCCCCCCCC(OS(=O)(=O)O)CC(OS(=O)(=O)O)CCCCCCCCCCC/C=C/C(=O)O1)OS(=O)(=O)O)OS(=O)(=O)O. The molecule has 18 nitrogen and oxygen atoms in total. The van der Waals surface area contributed by atoms with Crippen molar-refractivity contribution >= 4 is 47.6 Å². The van der Waals surface area contributed by atoms with Gasteiger partial charge in [0.15, 0.2) is 0 Å². The second-order valence-corrected chi connectivity index (χ2v) is 20.8. The molecule has 5 unspecified atom stereocenters. The Labute approximate surface area is 372 Å². The average molecular weight is 973 g/mol. The molecule has 0 aromatic rings. The Balaban J connectivity index is 2.84. The third-order valence-corrected chi connectivity index (χ3v) is 12.9. The van der Waals surface area contributed by atoms with E-state index in [-0.39, 0.29) is 25.7 Å². The predicted molar refractivity (Wildman–Crippen MR) is 234 cm³/mol. The van der Waals surface area contributed by atoms with E-state index in [0.717, 1.165) is 109 Å². The summed E-state index contributed by atoms with van der Waals surface area (Å²) in [6.07, 6.45) is 20.3. The minimum atomic E-state index is -4.81. The van der Waals surface area contributed by atoms with Crippen molar-refractivity contribution in [3.8, 4) is 0 Å². The normalized spacial score (nSPS) is 23.7. The van der Waals surface area contributed by atoms with Gasteiger partial charge < -0.3 is 4.74 Å². The van der Waals surface area contributed by atoms with Crippen LogP contribution < -0.4 is 0 Å². The molecule has 1 aliphatic heterocycles. The highest BCUT2D eigenvalue weighted by Gasteiger charge is 2.26. The zero-order valence-corrected chi connectivity index (χ0v) is 39.9. The monoisotopic (exact) mass is 972 g/mol. The Morgan fingerprint density at radius 1 is 0.548 bits per heavy atom. The Kier molecular flexibility index (Phi) is 31.4. The number of unbranched alkanes of at least 4 members (excludes halogenated alkanes) is 4. The molecule has 0 aromatic heterocycles. The molecule has 1 heterocycles. The van der Waals surface area contributed by atoms with E-state index in [1.165, 1.54) is 6.08 Å². The van der Waals surface area contributed by atoms with Crippen LogP contribution in [0.15, 0.2) is 12.2 Å². The Hall–Kier alpha value is -1.31. The fourth-order valence-corrected chi connectivity index (χ4v) is 9.84. The van der Waals surface area contributed by atoms with E-state index >= 15 is 0 Å². The molecule has 1 rings (SSSR count). The summed E-state index contributed by atoms with van der Waals surface area (Å²) in [5.41, 5.74) is 0.